The van der Waals surface area contributed by atoms with Gasteiger partial charge in [0.25, 0.3) is 0 Å². The van der Waals surface area contributed by atoms with Crippen LogP contribution in [-0.2, 0) is 0 Å². The first kappa shape index (κ1) is 14.9. The first-order chi connectivity index (χ1) is 8.58. The summed E-state index contributed by atoms with van der Waals surface area (Å²) in [5.74, 6) is -2.15. The zero-order chi connectivity index (χ0) is 13.1. The first-order valence-corrected chi connectivity index (χ1v) is 4.97. The number of pyridine rings is 2. The fourth-order valence-corrected chi connectivity index (χ4v) is 1.41. The van der Waals surface area contributed by atoms with Gasteiger partial charge in [-0.25, -0.2) is 9.59 Å². The number of aromatic nitrogens is 2. The Balaban J connectivity index is 0.00000180. The van der Waals surface area contributed by atoms with Crippen LogP contribution in [0, 0.1) is 0 Å². The van der Waals surface area contributed by atoms with Crippen molar-refractivity contribution in [2.45, 2.75) is 0 Å². The third kappa shape index (κ3) is 3.41. The van der Waals surface area contributed by atoms with Crippen LogP contribution in [0.25, 0.3) is 11.4 Å². The Kier molecular flexibility index (Phi) is 4.81. The Morgan fingerprint density at radius 2 is 1.21 bits per heavy atom. The molecule has 0 unspecified atom stereocenters. The summed E-state index contributed by atoms with van der Waals surface area (Å²) in [5, 5.41) is 17.7. The molecule has 19 heavy (non-hydrogen) atoms. The molecule has 0 bridgehead atoms. The van der Waals surface area contributed by atoms with E-state index in [2.05, 4.69) is 9.97 Å². The van der Waals surface area contributed by atoms with E-state index in [0.717, 1.165) is 0 Å². The van der Waals surface area contributed by atoms with Gasteiger partial charge >= 0.3 is 30.8 Å². The maximum atomic E-state index is 10.8. The minimum absolute atomic E-state index is 0. The summed E-state index contributed by atoms with van der Waals surface area (Å²) in [4.78, 5) is 29.6. The number of carboxylic acid groups (broad SMARTS) is 2. The number of hydrogen-bond acceptors (Lipinski definition) is 4. The van der Waals surface area contributed by atoms with E-state index >= 15 is 0 Å². The van der Waals surface area contributed by atoms with E-state index in [4.69, 9.17) is 10.2 Å². The average molecular weight is 252 g/mol. The molecule has 0 amide bonds. The summed E-state index contributed by atoms with van der Waals surface area (Å²) in [6.07, 6.45) is 2.68. The molecule has 2 aromatic rings. The van der Waals surface area contributed by atoms with Gasteiger partial charge in [-0.05, 0) is 24.3 Å². The number of carboxylic acids is 2. The van der Waals surface area contributed by atoms with Crippen LogP contribution in [0.15, 0.2) is 36.7 Å². The fourth-order valence-electron chi connectivity index (χ4n) is 1.41. The molecule has 0 aliphatic carbocycles. The molecular weight excluding hydrogens is 243 g/mol. The monoisotopic (exact) mass is 252 g/mol. The number of rotatable bonds is 3. The molecule has 2 heterocycles. The van der Waals surface area contributed by atoms with Crippen molar-refractivity contribution in [1.29, 1.82) is 0 Å². The molecule has 0 saturated carbocycles. The number of nitrogens with zero attached hydrogens (tertiary/aromatic N) is 2. The SMILES string of the molecule is O=C(O)c1ccnc(-c2cc(C(=O)O)ccn2)c1.[LiH]. The topological polar surface area (TPSA) is 100 Å². The molecule has 7 heteroatoms. The van der Waals surface area contributed by atoms with Crippen LogP contribution in [-0.4, -0.2) is 51.0 Å². The van der Waals surface area contributed by atoms with E-state index in [-0.39, 0.29) is 30.0 Å². The normalized spacial score (nSPS) is 9.47. The fraction of sp³-hybridized carbons (Fsp3) is 0. The van der Waals surface area contributed by atoms with Gasteiger partial charge in [0.2, 0.25) is 0 Å². The second kappa shape index (κ2) is 6.14. The van der Waals surface area contributed by atoms with Crippen LogP contribution < -0.4 is 0 Å². The van der Waals surface area contributed by atoms with Crippen molar-refractivity contribution >= 4 is 30.8 Å². The molecule has 2 rings (SSSR count). The third-order valence-corrected chi connectivity index (χ3v) is 2.28. The van der Waals surface area contributed by atoms with E-state index in [0.29, 0.717) is 11.4 Å². The van der Waals surface area contributed by atoms with Crippen molar-refractivity contribution < 1.29 is 19.8 Å². The molecule has 92 valence electrons. The minimum atomic E-state index is -1.08. The van der Waals surface area contributed by atoms with Crippen LogP contribution >= 0.6 is 0 Å². The van der Waals surface area contributed by atoms with Crippen LogP contribution in [0.1, 0.15) is 20.7 Å². The molecule has 0 saturated heterocycles. The zero-order valence-corrected chi connectivity index (χ0v) is 9.07. The second-order valence-electron chi connectivity index (χ2n) is 3.47. The summed E-state index contributed by atoms with van der Waals surface area (Å²) in [7, 11) is 0. The van der Waals surface area contributed by atoms with E-state index < -0.39 is 11.9 Å². The first-order valence-electron chi connectivity index (χ1n) is 4.97. The summed E-state index contributed by atoms with van der Waals surface area (Å²) < 4.78 is 0. The zero-order valence-electron chi connectivity index (χ0n) is 9.07. The Bertz CT molecular complexity index is 575. The molecule has 0 aliphatic heterocycles. The quantitative estimate of drug-likeness (QED) is 0.787. The van der Waals surface area contributed by atoms with Crippen molar-refractivity contribution in [2.24, 2.45) is 0 Å². The van der Waals surface area contributed by atoms with E-state index in [1.54, 1.807) is 0 Å². The molecule has 0 atom stereocenters. The molecule has 2 N–H and O–H groups in total. The van der Waals surface area contributed by atoms with Gasteiger partial charge in [0, 0.05) is 12.4 Å². The second-order valence-corrected chi connectivity index (χ2v) is 3.47. The van der Waals surface area contributed by atoms with Gasteiger partial charge in [0.15, 0.2) is 0 Å². The standard InChI is InChI=1S/C12H8N2O4.Li.H/c15-11(16)7-1-3-13-9(5-7)10-6-8(12(17)18)2-4-14-10;;/h1-6H,(H,15,16)(H,17,18);;. The van der Waals surface area contributed by atoms with Gasteiger partial charge in [-0.2, -0.15) is 0 Å². The van der Waals surface area contributed by atoms with E-state index in [1.165, 1.54) is 36.7 Å². The molecule has 2 aromatic heterocycles. The number of aromatic carboxylic acids is 2. The van der Waals surface area contributed by atoms with Crippen molar-refractivity contribution in [3.05, 3.63) is 47.8 Å². The molecule has 0 aromatic carbocycles. The van der Waals surface area contributed by atoms with Crippen LogP contribution in [0.4, 0.5) is 0 Å². The predicted octanol–water partition coefficient (Wildman–Crippen LogP) is 0.891. The Labute approximate surface area is 120 Å². The van der Waals surface area contributed by atoms with E-state index in [1.807, 2.05) is 0 Å². The molecule has 0 fully saturated rings. The Morgan fingerprint density at radius 3 is 1.53 bits per heavy atom. The van der Waals surface area contributed by atoms with Crippen molar-refractivity contribution in [3.63, 3.8) is 0 Å². The van der Waals surface area contributed by atoms with Gasteiger partial charge < -0.3 is 10.2 Å². The van der Waals surface area contributed by atoms with Crippen LogP contribution in [0.3, 0.4) is 0 Å². The summed E-state index contributed by atoms with van der Waals surface area (Å²) in [6, 6.07) is 5.40. The number of hydrogen-bond donors (Lipinski definition) is 2. The summed E-state index contributed by atoms with van der Waals surface area (Å²) in [6.45, 7) is 0. The predicted molar refractivity (Wildman–Crippen MR) is 68.5 cm³/mol. The molecule has 6 nitrogen and oxygen atoms in total. The van der Waals surface area contributed by atoms with E-state index in [9.17, 15) is 9.59 Å². The Hall–Kier alpha value is -2.16. The van der Waals surface area contributed by atoms with Gasteiger partial charge in [-0.3, -0.25) is 9.97 Å². The van der Waals surface area contributed by atoms with Gasteiger partial charge in [0.1, 0.15) is 0 Å². The van der Waals surface area contributed by atoms with Crippen molar-refractivity contribution in [2.75, 3.05) is 0 Å². The average Bonchev–Trinajstić information content (AvgIpc) is 2.39. The molecule has 0 radical (unpaired) electrons. The molecule has 0 spiro atoms. The number of carbonyl (C=O) groups is 2. The summed E-state index contributed by atoms with van der Waals surface area (Å²) >= 11 is 0. The van der Waals surface area contributed by atoms with Gasteiger partial charge in [-0.15, -0.1) is 0 Å². The Morgan fingerprint density at radius 1 is 0.842 bits per heavy atom. The molecule has 0 aliphatic rings. The third-order valence-electron chi connectivity index (χ3n) is 2.28. The molecular formula is C12H9LiN2O4. The summed E-state index contributed by atoms with van der Waals surface area (Å²) in [5.41, 5.74) is 0.779. The van der Waals surface area contributed by atoms with Crippen molar-refractivity contribution in [1.82, 2.24) is 9.97 Å². The van der Waals surface area contributed by atoms with Crippen molar-refractivity contribution in [3.8, 4) is 11.4 Å². The van der Waals surface area contributed by atoms with Crippen LogP contribution in [0.2, 0.25) is 0 Å². The van der Waals surface area contributed by atoms with Gasteiger partial charge in [-0.1, -0.05) is 0 Å². The van der Waals surface area contributed by atoms with Gasteiger partial charge in [0.05, 0.1) is 22.5 Å². The van der Waals surface area contributed by atoms with Crippen LogP contribution in [0.5, 0.6) is 0 Å². The maximum absolute atomic E-state index is 10.8.